The lowest BCUT2D eigenvalue weighted by molar-refractivity contribution is 0.102. The van der Waals surface area contributed by atoms with Gasteiger partial charge >= 0.3 is 0 Å². The highest BCUT2D eigenvalue weighted by molar-refractivity contribution is 7.16. The number of nitrogens with zero attached hydrogens (tertiary/aromatic N) is 2. The van der Waals surface area contributed by atoms with Gasteiger partial charge in [-0.05, 0) is 24.3 Å². The molecule has 0 radical (unpaired) electrons. The van der Waals surface area contributed by atoms with Crippen LogP contribution < -0.4 is 5.32 Å². The predicted molar refractivity (Wildman–Crippen MR) is 83.7 cm³/mol. The van der Waals surface area contributed by atoms with E-state index in [-0.39, 0.29) is 5.91 Å². The fraction of sp³-hybridized carbons (Fsp3) is 0. The Hall–Kier alpha value is -2.73. The summed E-state index contributed by atoms with van der Waals surface area (Å²) in [7, 11) is 0. The van der Waals surface area contributed by atoms with Crippen molar-refractivity contribution in [2.24, 2.45) is 0 Å². The van der Waals surface area contributed by atoms with Gasteiger partial charge in [0, 0.05) is 10.9 Å². The van der Waals surface area contributed by atoms with Gasteiger partial charge < -0.3 is 5.32 Å². The minimum atomic E-state index is -0.146. The first-order valence-electron chi connectivity index (χ1n) is 6.38. The number of fused-ring (bicyclic) bond motifs is 2. The van der Waals surface area contributed by atoms with Gasteiger partial charge in [0.2, 0.25) is 0 Å². The molecule has 2 heterocycles. The summed E-state index contributed by atoms with van der Waals surface area (Å²) < 4.78 is 1.00. The number of hydrogen-bond donors (Lipinski definition) is 2. The van der Waals surface area contributed by atoms with Gasteiger partial charge in [-0.1, -0.05) is 12.1 Å². The first kappa shape index (κ1) is 12.0. The summed E-state index contributed by atoms with van der Waals surface area (Å²) in [5, 5.41) is 10.8. The zero-order valence-electron chi connectivity index (χ0n) is 10.8. The lowest BCUT2D eigenvalue weighted by Crippen LogP contribution is -2.12. The van der Waals surface area contributed by atoms with Crippen molar-refractivity contribution in [3.63, 3.8) is 0 Å². The maximum absolute atomic E-state index is 12.4. The Morgan fingerprint density at radius 2 is 2.19 bits per heavy atom. The quantitative estimate of drug-likeness (QED) is 0.595. The van der Waals surface area contributed by atoms with E-state index in [0.29, 0.717) is 5.56 Å². The fourth-order valence-electron chi connectivity index (χ4n) is 2.26. The summed E-state index contributed by atoms with van der Waals surface area (Å²) in [4.78, 5) is 16.6. The Morgan fingerprint density at radius 3 is 3.14 bits per heavy atom. The molecule has 2 aromatic carbocycles. The van der Waals surface area contributed by atoms with Crippen LogP contribution in [0.3, 0.4) is 0 Å². The van der Waals surface area contributed by atoms with E-state index in [1.54, 1.807) is 17.8 Å². The van der Waals surface area contributed by atoms with Crippen LogP contribution in [0, 0.1) is 0 Å². The lowest BCUT2D eigenvalue weighted by atomic mass is 10.2. The number of para-hydroxylation sites is 1. The maximum Gasteiger partial charge on any atom is 0.255 e. The molecule has 6 heteroatoms. The number of rotatable bonds is 2. The average Bonchev–Trinajstić information content (AvgIpc) is 3.15. The van der Waals surface area contributed by atoms with Crippen LogP contribution in [0.25, 0.3) is 21.1 Å². The molecule has 0 atom stereocenters. The SMILES string of the molecule is O=C(Nc1cccc2cn[nH]c12)c1ccc2ncsc2c1. The number of thiazole rings is 1. The van der Waals surface area contributed by atoms with Crippen LogP contribution in [0.4, 0.5) is 5.69 Å². The van der Waals surface area contributed by atoms with Crippen LogP contribution in [0.1, 0.15) is 10.4 Å². The average molecular weight is 294 g/mol. The molecule has 1 amide bonds. The molecule has 0 aliphatic carbocycles. The zero-order valence-corrected chi connectivity index (χ0v) is 11.6. The maximum atomic E-state index is 12.4. The van der Waals surface area contributed by atoms with Crippen molar-refractivity contribution in [2.45, 2.75) is 0 Å². The Kier molecular flexibility index (Phi) is 2.68. The summed E-state index contributed by atoms with van der Waals surface area (Å²) >= 11 is 1.52. The van der Waals surface area contributed by atoms with Gasteiger partial charge in [-0.3, -0.25) is 9.89 Å². The molecule has 2 aromatic heterocycles. The summed E-state index contributed by atoms with van der Waals surface area (Å²) in [5.74, 6) is -0.146. The Balaban J connectivity index is 1.70. The molecule has 21 heavy (non-hydrogen) atoms. The van der Waals surface area contributed by atoms with Gasteiger partial charge in [-0.15, -0.1) is 11.3 Å². The van der Waals surface area contributed by atoms with Crippen molar-refractivity contribution in [2.75, 3.05) is 5.32 Å². The third kappa shape index (κ3) is 2.05. The number of hydrogen-bond acceptors (Lipinski definition) is 4. The molecule has 0 spiro atoms. The molecular formula is C15H10N4OS. The second-order valence-electron chi connectivity index (χ2n) is 4.63. The van der Waals surface area contributed by atoms with Crippen LogP contribution in [0.5, 0.6) is 0 Å². The third-order valence-corrected chi connectivity index (χ3v) is 4.11. The van der Waals surface area contributed by atoms with Gasteiger partial charge in [0.15, 0.2) is 0 Å². The normalized spacial score (nSPS) is 11.0. The van der Waals surface area contributed by atoms with E-state index in [1.807, 2.05) is 30.3 Å². The monoisotopic (exact) mass is 294 g/mol. The zero-order chi connectivity index (χ0) is 14.2. The Morgan fingerprint density at radius 1 is 1.24 bits per heavy atom. The summed E-state index contributed by atoms with van der Waals surface area (Å²) in [5.41, 5.74) is 4.84. The van der Waals surface area contributed by atoms with Gasteiger partial charge in [-0.2, -0.15) is 5.10 Å². The highest BCUT2D eigenvalue weighted by atomic mass is 32.1. The Labute approximate surface area is 123 Å². The van der Waals surface area contributed by atoms with Crippen LogP contribution in [0.15, 0.2) is 48.1 Å². The minimum Gasteiger partial charge on any atom is -0.320 e. The number of carbonyl (C=O) groups excluding carboxylic acids is 1. The number of carbonyl (C=O) groups is 1. The molecular weight excluding hydrogens is 284 g/mol. The summed E-state index contributed by atoms with van der Waals surface area (Å²) in [6.07, 6.45) is 1.73. The second kappa shape index (κ2) is 4.68. The van der Waals surface area contributed by atoms with Gasteiger partial charge in [0.05, 0.1) is 33.1 Å². The van der Waals surface area contributed by atoms with E-state index in [4.69, 9.17) is 0 Å². The van der Waals surface area contributed by atoms with Crippen LogP contribution in [0.2, 0.25) is 0 Å². The molecule has 5 nitrogen and oxygen atoms in total. The van der Waals surface area contributed by atoms with Crippen molar-refractivity contribution in [3.8, 4) is 0 Å². The molecule has 0 bridgehead atoms. The molecule has 0 saturated heterocycles. The predicted octanol–water partition coefficient (Wildman–Crippen LogP) is 3.42. The topological polar surface area (TPSA) is 70.7 Å². The molecule has 0 aliphatic rings. The number of benzene rings is 2. The second-order valence-corrected chi connectivity index (χ2v) is 5.52. The van der Waals surface area contributed by atoms with E-state index >= 15 is 0 Å². The molecule has 0 aliphatic heterocycles. The molecule has 102 valence electrons. The van der Waals surface area contributed by atoms with Crippen LogP contribution in [-0.4, -0.2) is 21.1 Å². The molecule has 0 fully saturated rings. The first-order valence-corrected chi connectivity index (χ1v) is 7.26. The van der Waals surface area contributed by atoms with Crippen molar-refractivity contribution in [1.29, 1.82) is 0 Å². The van der Waals surface area contributed by atoms with E-state index in [1.165, 1.54) is 11.3 Å². The van der Waals surface area contributed by atoms with Gasteiger partial charge in [0.25, 0.3) is 5.91 Å². The number of H-pyrrole nitrogens is 1. The molecule has 0 saturated carbocycles. The minimum absolute atomic E-state index is 0.146. The number of aromatic amines is 1. The van der Waals surface area contributed by atoms with Gasteiger partial charge in [-0.25, -0.2) is 4.98 Å². The van der Waals surface area contributed by atoms with Gasteiger partial charge in [0.1, 0.15) is 0 Å². The number of anilines is 1. The molecule has 0 unspecified atom stereocenters. The largest absolute Gasteiger partial charge is 0.320 e. The molecule has 2 N–H and O–H groups in total. The van der Waals surface area contributed by atoms with Crippen molar-refractivity contribution < 1.29 is 4.79 Å². The van der Waals surface area contributed by atoms with E-state index in [2.05, 4.69) is 20.5 Å². The van der Waals surface area contributed by atoms with Crippen molar-refractivity contribution in [1.82, 2.24) is 15.2 Å². The lowest BCUT2D eigenvalue weighted by Gasteiger charge is -2.06. The standard InChI is InChI=1S/C15H10N4OS/c20-15(9-4-5-11-13(6-9)21-8-16-11)18-12-3-1-2-10-7-17-19-14(10)12/h1-8H,(H,17,19)(H,18,20). The number of amides is 1. The highest BCUT2D eigenvalue weighted by Crippen LogP contribution is 2.23. The van der Waals surface area contributed by atoms with E-state index < -0.39 is 0 Å². The highest BCUT2D eigenvalue weighted by Gasteiger charge is 2.10. The number of nitrogens with one attached hydrogen (secondary N) is 2. The summed E-state index contributed by atoms with van der Waals surface area (Å²) in [6, 6.07) is 11.2. The fourth-order valence-corrected chi connectivity index (χ4v) is 2.98. The van der Waals surface area contributed by atoms with E-state index in [0.717, 1.165) is 26.8 Å². The third-order valence-electron chi connectivity index (χ3n) is 3.32. The molecule has 4 rings (SSSR count). The van der Waals surface area contributed by atoms with Crippen LogP contribution in [-0.2, 0) is 0 Å². The van der Waals surface area contributed by atoms with Crippen molar-refractivity contribution in [3.05, 3.63) is 53.7 Å². The summed E-state index contributed by atoms with van der Waals surface area (Å²) in [6.45, 7) is 0. The van der Waals surface area contributed by atoms with E-state index in [9.17, 15) is 4.79 Å². The first-order chi connectivity index (χ1) is 10.3. The van der Waals surface area contributed by atoms with Crippen LogP contribution >= 0.6 is 11.3 Å². The number of aromatic nitrogens is 3. The Bertz CT molecular complexity index is 956. The smallest absolute Gasteiger partial charge is 0.255 e. The van der Waals surface area contributed by atoms with Crippen molar-refractivity contribution >= 4 is 44.1 Å². The molecule has 4 aromatic rings.